The van der Waals surface area contributed by atoms with Crippen molar-refractivity contribution in [2.24, 2.45) is 0 Å². The first-order valence-electron chi connectivity index (χ1n) is 3.86. The van der Waals surface area contributed by atoms with Crippen molar-refractivity contribution in [3.05, 3.63) is 33.8 Å². The number of hydrogen-bond acceptors (Lipinski definition) is 0. The van der Waals surface area contributed by atoms with E-state index in [0.29, 0.717) is 6.04 Å². The highest BCUT2D eigenvalue weighted by Crippen LogP contribution is 2.23. The van der Waals surface area contributed by atoms with Gasteiger partial charge in [-0.1, -0.05) is 22.0 Å². The summed E-state index contributed by atoms with van der Waals surface area (Å²) in [5.74, 6) is 0. The normalized spacial score (nSPS) is 21.8. The van der Waals surface area contributed by atoms with Crippen LogP contribution in [0.4, 0.5) is 0 Å². The predicted molar refractivity (Wildman–Crippen MR) is 48.2 cm³/mol. The quantitative estimate of drug-likeness (QED) is 0.669. The highest BCUT2D eigenvalue weighted by Gasteiger charge is 2.20. The summed E-state index contributed by atoms with van der Waals surface area (Å²) in [6, 6.07) is 7.11. The fraction of sp³-hybridized carbons (Fsp3) is 0.333. The summed E-state index contributed by atoms with van der Waals surface area (Å²) in [5, 5.41) is 0. The van der Waals surface area contributed by atoms with Gasteiger partial charge in [-0.3, -0.25) is 0 Å². The molecule has 0 saturated carbocycles. The lowest BCUT2D eigenvalue weighted by molar-refractivity contribution is -0.416. The van der Waals surface area contributed by atoms with Crippen LogP contribution in [0.25, 0.3) is 0 Å². The Morgan fingerprint density at radius 3 is 2.82 bits per heavy atom. The lowest BCUT2D eigenvalue weighted by Gasteiger charge is -1.96. The number of quaternary nitrogens is 1. The minimum Gasteiger partial charge on any atom is -0.355 e. The van der Waals surface area contributed by atoms with Crippen molar-refractivity contribution in [1.29, 1.82) is 0 Å². The Hall–Kier alpha value is -0.340. The lowest BCUT2D eigenvalue weighted by atomic mass is 10.1. The molecule has 0 radical (unpaired) electrons. The van der Waals surface area contributed by atoms with E-state index < -0.39 is 0 Å². The van der Waals surface area contributed by atoms with Crippen LogP contribution in [0.1, 0.15) is 11.1 Å². The smallest absolute Gasteiger partial charge is 0.0925 e. The van der Waals surface area contributed by atoms with Gasteiger partial charge in [0.2, 0.25) is 0 Å². The van der Waals surface area contributed by atoms with Crippen LogP contribution < -0.4 is 5.73 Å². The van der Waals surface area contributed by atoms with Crippen molar-refractivity contribution in [3.63, 3.8) is 0 Å². The zero-order valence-electron chi connectivity index (χ0n) is 6.31. The van der Waals surface area contributed by atoms with Gasteiger partial charge >= 0.3 is 0 Å². The van der Waals surface area contributed by atoms with Gasteiger partial charge in [-0.2, -0.15) is 0 Å². The summed E-state index contributed by atoms with van der Waals surface area (Å²) in [6.07, 6.45) is 2.30. The van der Waals surface area contributed by atoms with Crippen molar-refractivity contribution >= 4 is 15.9 Å². The summed E-state index contributed by atoms with van der Waals surface area (Å²) in [5.41, 5.74) is 7.02. The largest absolute Gasteiger partial charge is 0.355 e. The molecule has 1 nitrogen and oxygen atoms in total. The maximum atomic E-state index is 4.07. The lowest BCUT2D eigenvalue weighted by Crippen LogP contribution is -2.61. The minimum absolute atomic E-state index is 0.597. The Balaban J connectivity index is 2.43. The van der Waals surface area contributed by atoms with Crippen LogP contribution in [0, 0.1) is 0 Å². The Morgan fingerprint density at radius 1 is 1.27 bits per heavy atom. The topological polar surface area (TPSA) is 27.6 Å². The zero-order chi connectivity index (χ0) is 7.84. The third kappa shape index (κ3) is 1.33. The standard InChI is InChI=1S/C9H10BrN/c10-8-2-1-6-4-9(11)5-7(6)3-8/h1-3,9H,4-5,11H2/p+1/t9-/m0/s1. The van der Waals surface area contributed by atoms with E-state index in [4.69, 9.17) is 0 Å². The van der Waals surface area contributed by atoms with E-state index in [-0.39, 0.29) is 0 Å². The number of benzene rings is 1. The first-order valence-corrected chi connectivity index (χ1v) is 4.65. The molecule has 0 aliphatic heterocycles. The van der Waals surface area contributed by atoms with Gasteiger partial charge < -0.3 is 5.73 Å². The molecule has 0 unspecified atom stereocenters. The Kier molecular flexibility index (Phi) is 1.74. The van der Waals surface area contributed by atoms with E-state index in [1.54, 1.807) is 0 Å². The van der Waals surface area contributed by atoms with E-state index in [9.17, 15) is 0 Å². The summed E-state index contributed by atoms with van der Waals surface area (Å²) in [4.78, 5) is 0. The van der Waals surface area contributed by atoms with Crippen LogP contribution in [0.5, 0.6) is 0 Å². The molecule has 0 amide bonds. The summed E-state index contributed by atoms with van der Waals surface area (Å²) in [7, 11) is 0. The maximum absolute atomic E-state index is 4.07. The van der Waals surface area contributed by atoms with Gasteiger partial charge in [0.1, 0.15) is 0 Å². The highest BCUT2D eigenvalue weighted by atomic mass is 79.9. The fourth-order valence-corrected chi connectivity index (χ4v) is 2.09. The number of rotatable bonds is 0. The van der Waals surface area contributed by atoms with Crippen LogP contribution in [0.3, 0.4) is 0 Å². The molecular formula is C9H11BrN+. The minimum atomic E-state index is 0.597. The van der Waals surface area contributed by atoms with Gasteiger partial charge in [0, 0.05) is 17.3 Å². The fourth-order valence-electron chi connectivity index (χ4n) is 1.68. The van der Waals surface area contributed by atoms with Crippen LogP contribution in [-0.4, -0.2) is 6.04 Å². The van der Waals surface area contributed by atoms with E-state index in [2.05, 4.69) is 39.9 Å². The van der Waals surface area contributed by atoms with Crippen molar-refractivity contribution in [1.82, 2.24) is 0 Å². The second-order valence-corrected chi connectivity index (χ2v) is 4.10. The molecule has 3 N–H and O–H groups in total. The van der Waals surface area contributed by atoms with Crippen LogP contribution in [0.2, 0.25) is 0 Å². The van der Waals surface area contributed by atoms with E-state index >= 15 is 0 Å². The molecule has 1 aliphatic rings. The van der Waals surface area contributed by atoms with Gasteiger partial charge in [0.05, 0.1) is 6.04 Å². The summed E-state index contributed by atoms with van der Waals surface area (Å²) >= 11 is 3.46. The molecule has 0 aromatic heterocycles. The molecule has 0 bridgehead atoms. The monoisotopic (exact) mass is 212 g/mol. The predicted octanol–water partition coefficient (Wildman–Crippen LogP) is 1.16. The highest BCUT2D eigenvalue weighted by molar-refractivity contribution is 9.10. The van der Waals surface area contributed by atoms with E-state index in [1.165, 1.54) is 15.6 Å². The van der Waals surface area contributed by atoms with Crippen molar-refractivity contribution < 1.29 is 5.73 Å². The van der Waals surface area contributed by atoms with Gasteiger partial charge in [0.15, 0.2) is 0 Å². The SMILES string of the molecule is [NH3+][C@H]1Cc2ccc(Br)cc2C1. The molecule has 58 valence electrons. The van der Waals surface area contributed by atoms with Crippen molar-refractivity contribution in [2.45, 2.75) is 18.9 Å². The molecule has 2 rings (SSSR count). The van der Waals surface area contributed by atoms with Gasteiger partial charge in [-0.15, -0.1) is 0 Å². The summed E-state index contributed by atoms with van der Waals surface area (Å²) in [6.45, 7) is 0. The van der Waals surface area contributed by atoms with E-state index in [0.717, 1.165) is 12.8 Å². The van der Waals surface area contributed by atoms with Gasteiger partial charge in [-0.25, -0.2) is 0 Å². The first-order chi connectivity index (χ1) is 5.25. The molecule has 0 saturated heterocycles. The molecule has 1 aromatic carbocycles. The van der Waals surface area contributed by atoms with Gasteiger partial charge in [0.25, 0.3) is 0 Å². The molecule has 0 fully saturated rings. The average Bonchev–Trinajstić information content (AvgIpc) is 2.27. The maximum Gasteiger partial charge on any atom is 0.0925 e. The second kappa shape index (κ2) is 2.61. The zero-order valence-corrected chi connectivity index (χ0v) is 7.89. The molecular weight excluding hydrogens is 202 g/mol. The molecule has 1 aliphatic carbocycles. The first kappa shape index (κ1) is 7.32. The van der Waals surface area contributed by atoms with Crippen LogP contribution >= 0.6 is 15.9 Å². The molecule has 11 heavy (non-hydrogen) atoms. The van der Waals surface area contributed by atoms with Crippen molar-refractivity contribution in [2.75, 3.05) is 0 Å². The number of fused-ring (bicyclic) bond motifs is 1. The Labute approximate surface area is 74.7 Å². The Morgan fingerprint density at radius 2 is 2.00 bits per heavy atom. The third-order valence-electron chi connectivity index (χ3n) is 2.19. The Bertz CT molecular complexity index is 283. The number of hydrogen-bond donors (Lipinski definition) is 1. The molecule has 0 heterocycles. The third-order valence-corrected chi connectivity index (χ3v) is 2.68. The number of halogens is 1. The molecule has 1 aromatic rings. The van der Waals surface area contributed by atoms with Crippen molar-refractivity contribution in [3.8, 4) is 0 Å². The summed E-state index contributed by atoms with van der Waals surface area (Å²) < 4.78 is 1.19. The van der Waals surface area contributed by atoms with Crippen LogP contribution in [-0.2, 0) is 12.8 Å². The molecule has 0 spiro atoms. The van der Waals surface area contributed by atoms with E-state index in [1.807, 2.05) is 0 Å². The van der Waals surface area contributed by atoms with Crippen LogP contribution in [0.15, 0.2) is 22.7 Å². The molecule has 2 heteroatoms. The average molecular weight is 213 g/mol. The van der Waals surface area contributed by atoms with Gasteiger partial charge in [-0.05, 0) is 23.3 Å². The molecule has 1 atom stereocenters. The second-order valence-electron chi connectivity index (χ2n) is 3.19.